The fourth-order valence-corrected chi connectivity index (χ4v) is 2.55. The summed E-state index contributed by atoms with van der Waals surface area (Å²) in [5, 5.41) is -0.0658. The largest absolute Gasteiger partial charge is 0.132 e. The summed E-state index contributed by atoms with van der Waals surface area (Å²) < 4.78 is 0. The Morgan fingerprint density at radius 3 is 2.24 bits per heavy atom. The Hall–Kier alpha value is -1.50. The van der Waals surface area contributed by atoms with Crippen molar-refractivity contribution in [2.24, 2.45) is 0 Å². The molecule has 0 saturated carbocycles. The highest BCUT2D eigenvalue weighted by Gasteiger charge is 2.30. The molecule has 0 bridgehead atoms. The molecule has 0 fully saturated rings. The van der Waals surface area contributed by atoms with Crippen LogP contribution in [0.15, 0.2) is 66.8 Å². The summed E-state index contributed by atoms with van der Waals surface area (Å²) in [7, 11) is 2.41. The molecule has 1 unspecified atom stereocenters. The second-order valence-electron chi connectivity index (χ2n) is 5.32. The predicted octanol–water partition coefficient (Wildman–Crippen LogP) is 6.40. The van der Waals surface area contributed by atoms with Gasteiger partial charge in [0.1, 0.15) is 7.28 Å². The first kappa shape index (κ1) is 19.5. The Kier molecular flexibility index (Phi) is 9.53. The quantitative estimate of drug-likeness (QED) is 0.419. The topological polar surface area (TPSA) is 0 Å². The summed E-state index contributed by atoms with van der Waals surface area (Å²) in [5.41, 5.74) is 2.62. The van der Waals surface area contributed by atoms with Gasteiger partial charge in [-0.25, -0.2) is 0 Å². The first-order valence-electron chi connectivity index (χ1n) is 7.92. The molecule has 1 rings (SSSR count). The van der Waals surface area contributed by atoms with Crippen LogP contribution in [0.5, 0.6) is 0 Å². The van der Waals surface area contributed by atoms with E-state index in [9.17, 15) is 0 Å². The van der Waals surface area contributed by atoms with E-state index in [1.165, 1.54) is 11.1 Å². The lowest BCUT2D eigenvalue weighted by Gasteiger charge is -2.33. The molecule has 1 radical (unpaired) electrons. The number of hydrogen-bond acceptors (Lipinski definition) is 0. The standard InChI is InChI=1S/C18H24B.C2H6.H2/c1-6-8-12-16(7-2)18(5,19-15(3)4)17-13-10-9-11-14-17;1-2;/h6-15H,1H2,2-5H3;1-2H3;1H/b12-8-,16-7+;;. The highest BCUT2D eigenvalue weighted by molar-refractivity contribution is 6.43. The normalized spacial score (nSPS) is 14.3. The molecule has 0 aliphatic carbocycles. The lowest BCUT2D eigenvalue weighted by molar-refractivity contribution is 0.780. The van der Waals surface area contributed by atoms with Crippen molar-refractivity contribution >= 4 is 7.28 Å². The van der Waals surface area contributed by atoms with Gasteiger partial charge in [-0.15, -0.1) is 0 Å². The lowest BCUT2D eigenvalue weighted by Crippen LogP contribution is -2.33. The number of rotatable bonds is 6. The van der Waals surface area contributed by atoms with E-state index in [2.05, 4.69) is 84.0 Å². The SMILES string of the molecule is C=C/C=C\C(=C/C)C(C)([B]C(C)C)c1ccccc1.CC.[HH]. The van der Waals surface area contributed by atoms with Crippen LogP contribution in [0.1, 0.15) is 48.5 Å². The smallest absolute Gasteiger partial charge is 0.0991 e. The molecule has 1 heteroatoms. The van der Waals surface area contributed by atoms with Gasteiger partial charge in [-0.1, -0.05) is 107 Å². The highest BCUT2D eigenvalue weighted by Crippen LogP contribution is 2.34. The van der Waals surface area contributed by atoms with Crippen LogP contribution in [0.25, 0.3) is 0 Å². The van der Waals surface area contributed by atoms with E-state index in [1.54, 1.807) is 0 Å². The van der Waals surface area contributed by atoms with E-state index >= 15 is 0 Å². The summed E-state index contributed by atoms with van der Waals surface area (Å²) in [6.45, 7) is 16.6. The van der Waals surface area contributed by atoms with Crippen LogP contribution in [0.3, 0.4) is 0 Å². The summed E-state index contributed by atoms with van der Waals surface area (Å²) in [5.74, 6) is 0.525. The molecule has 0 aliphatic heterocycles. The van der Waals surface area contributed by atoms with Crippen molar-refractivity contribution in [3.63, 3.8) is 0 Å². The third kappa shape index (κ3) is 5.79. The Labute approximate surface area is 134 Å². The van der Waals surface area contributed by atoms with Crippen molar-refractivity contribution in [3.05, 3.63) is 72.4 Å². The maximum absolute atomic E-state index is 3.76. The summed E-state index contributed by atoms with van der Waals surface area (Å²) in [6, 6.07) is 10.7. The van der Waals surface area contributed by atoms with Gasteiger partial charge in [0.25, 0.3) is 0 Å². The van der Waals surface area contributed by atoms with Crippen molar-refractivity contribution in [2.75, 3.05) is 0 Å². The number of allylic oxidation sites excluding steroid dienone is 5. The molecule has 0 heterocycles. The minimum Gasteiger partial charge on any atom is -0.0991 e. The molecular formula is C20H32B. The third-order valence-corrected chi connectivity index (χ3v) is 3.36. The molecule has 0 spiro atoms. The number of hydrogen-bond donors (Lipinski definition) is 0. The lowest BCUT2D eigenvalue weighted by atomic mass is 9.42. The van der Waals surface area contributed by atoms with E-state index in [0.29, 0.717) is 5.82 Å². The van der Waals surface area contributed by atoms with Gasteiger partial charge in [-0.2, -0.15) is 0 Å². The van der Waals surface area contributed by atoms with E-state index in [1.807, 2.05) is 26.0 Å². The van der Waals surface area contributed by atoms with Crippen molar-refractivity contribution in [1.82, 2.24) is 0 Å². The second kappa shape index (κ2) is 10.3. The zero-order valence-electron chi connectivity index (χ0n) is 14.6. The maximum Gasteiger partial charge on any atom is 0.132 e. The molecule has 1 atom stereocenters. The van der Waals surface area contributed by atoms with Gasteiger partial charge >= 0.3 is 0 Å². The van der Waals surface area contributed by atoms with Gasteiger partial charge in [-0.3, -0.25) is 0 Å². The molecule has 0 amide bonds. The van der Waals surface area contributed by atoms with Gasteiger partial charge < -0.3 is 0 Å². The maximum atomic E-state index is 3.76. The fourth-order valence-electron chi connectivity index (χ4n) is 2.55. The van der Waals surface area contributed by atoms with Gasteiger partial charge in [0.15, 0.2) is 0 Å². The zero-order chi connectivity index (χ0) is 16.3. The van der Waals surface area contributed by atoms with Crippen LogP contribution < -0.4 is 0 Å². The van der Waals surface area contributed by atoms with Gasteiger partial charge in [0, 0.05) is 1.43 Å². The Morgan fingerprint density at radius 2 is 1.81 bits per heavy atom. The van der Waals surface area contributed by atoms with Crippen LogP contribution in [-0.2, 0) is 5.31 Å². The molecule has 115 valence electrons. The summed E-state index contributed by atoms with van der Waals surface area (Å²) in [6.07, 6.45) is 8.17. The monoisotopic (exact) mass is 283 g/mol. The molecular weight excluding hydrogens is 251 g/mol. The first-order chi connectivity index (χ1) is 10.0. The molecule has 0 saturated heterocycles. The summed E-state index contributed by atoms with van der Waals surface area (Å²) >= 11 is 0. The van der Waals surface area contributed by atoms with Crippen molar-refractivity contribution in [3.8, 4) is 0 Å². The van der Waals surface area contributed by atoms with E-state index in [0.717, 1.165) is 0 Å². The predicted molar refractivity (Wildman–Crippen MR) is 101 cm³/mol. The molecule has 21 heavy (non-hydrogen) atoms. The minimum atomic E-state index is -0.0658. The first-order valence-corrected chi connectivity index (χ1v) is 7.92. The Bertz CT molecular complexity index is 460. The van der Waals surface area contributed by atoms with Gasteiger partial charge in [-0.05, 0) is 17.8 Å². The van der Waals surface area contributed by atoms with E-state index < -0.39 is 0 Å². The summed E-state index contributed by atoms with van der Waals surface area (Å²) in [4.78, 5) is 0. The van der Waals surface area contributed by atoms with Crippen LogP contribution in [-0.4, -0.2) is 7.28 Å². The van der Waals surface area contributed by atoms with Crippen LogP contribution >= 0.6 is 0 Å². The molecule has 0 aromatic heterocycles. The molecule has 1 aromatic carbocycles. The van der Waals surface area contributed by atoms with Crippen molar-refractivity contribution in [1.29, 1.82) is 0 Å². The second-order valence-corrected chi connectivity index (χ2v) is 5.32. The van der Waals surface area contributed by atoms with Crippen molar-refractivity contribution < 1.29 is 1.43 Å². The van der Waals surface area contributed by atoms with Crippen LogP contribution in [0, 0.1) is 0 Å². The molecule has 0 nitrogen and oxygen atoms in total. The zero-order valence-corrected chi connectivity index (χ0v) is 14.6. The van der Waals surface area contributed by atoms with Crippen LogP contribution in [0.2, 0.25) is 5.82 Å². The Morgan fingerprint density at radius 1 is 1.24 bits per heavy atom. The molecule has 1 aromatic rings. The van der Waals surface area contributed by atoms with Crippen LogP contribution in [0.4, 0.5) is 0 Å². The third-order valence-electron chi connectivity index (χ3n) is 3.36. The minimum absolute atomic E-state index is 0. The van der Waals surface area contributed by atoms with Crippen molar-refractivity contribution in [2.45, 2.75) is 52.7 Å². The number of benzene rings is 1. The molecule has 0 aliphatic rings. The van der Waals surface area contributed by atoms with Gasteiger partial charge in [0.2, 0.25) is 0 Å². The Balaban J connectivity index is 0. The molecule has 0 N–H and O–H groups in total. The van der Waals surface area contributed by atoms with Gasteiger partial charge in [0.05, 0.1) is 0 Å². The van der Waals surface area contributed by atoms with E-state index in [-0.39, 0.29) is 6.74 Å². The highest BCUT2D eigenvalue weighted by atomic mass is 14.2. The van der Waals surface area contributed by atoms with E-state index in [4.69, 9.17) is 0 Å². The average Bonchev–Trinajstić information content (AvgIpc) is 2.50. The average molecular weight is 283 g/mol. The fraction of sp³-hybridized carbons (Fsp3) is 0.400.